The Hall–Kier alpha value is -1.24. The van der Waals surface area contributed by atoms with Crippen LogP contribution in [-0.4, -0.2) is 5.11 Å². The maximum absolute atomic E-state index is 11.0. The molecule has 0 radical (unpaired) electrons. The van der Waals surface area contributed by atoms with E-state index in [1.54, 1.807) is 0 Å². The fourth-order valence-electron chi connectivity index (χ4n) is 6.75. The first-order chi connectivity index (χ1) is 11.8. The van der Waals surface area contributed by atoms with Gasteiger partial charge in [0.1, 0.15) is 5.75 Å². The third-order valence-electron chi connectivity index (χ3n) is 7.87. The van der Waals surface area contributed by atoms with Crippen LogP contribution in [0.4, 0.5) is 0 Å². The van der Waals surface area contributed by atoms with Gasteiger partial charge < -0.3 is 5.11 Å². The molecule has 0 aromatic heterocycles. The molecule has 1 nitrogen and oxygen atoms in total. The number of allylic oxidation sites excluding steroid dienone is 2. The molecule has 1 aromatic carbocycles. The van der Waals surface area contributed by atoms with Crippen LogP contribution in [0, 0.1) is 23.7 Å². The Bertz CT molecular complexity index is 645. The topological polar surface area (TPSA) is 20.2 Å². The molecule has 5 rings (SSSR count). The summed E-state index contributed by atoms with van der Waals surface area (Å²) in [6.07, 6.45) is 16.8. The van der Waals surface area contributed by atoms with Crippen molar-refractivity contribution in [2.75, 3.05) is 0 Å². The van der Waals surface area contributed by atoms with E-state index in [0.717, 1.165) is 23.7 Å². The second-order valence-electron chi connectivity index (χ2n) is 8.92. The number of benzene rings is 1. The summed E-state index contributed by atoms with van der Waals surface area (Å²) in [6.45, 7) is 0. The predicted molar refractivity (Wildman–Crippen MR) is 98.2 cm³/mol. The van der Waals surface area contributed by atoms with E-state index < -0.39 is 0 Å². The maximum Gasteiger partial charge on any atom is 0.122 e. The number of hydrogen-bond donors (Lipinski definition) is 1. The third kappa shape index (κ3) is 2.35. The lowest BCUT2D eigenvalue weighted by Gasteiger charge is -2.39. The molecule has 24 heavy (non-hydrogen) atoms. The van der Waals surface area contributed by atoms with Crippen LogP contribution in [0.1, 0.15) is 80.8 Å². The van der Waals surface area contributed by atoms with Crippen molar-refractivity contribution >= 4 is 0 Å². The van der Waals surface area contributed by atoms with Crippen molar-refractivity contribution in [1.29, 1.82) is 0 Å². The standard InChI is InChI=1S/C23H30O/c24-23-20(15-5-2-1-3-6-15)7-4-8-21(23)18-11-12-19-16-9-10-17(13-16)22(19)14-18/h2,4-5,7-8,15-19,22,24H,1,3,6,9-14H2. The molecule has 0 aliphatic heterocycles. The molecular formula is C23H30O. The average molecular weight is 322 g/mol. The number of rotatable bonds is 2. The van der Waals surface area contributed by atoms with Crippen LogP contribution in [0.25, 0.3) is 0 Å². The van der Waals surface area contributed by atoms with Crippen molar-refractivity contribution < 1.29 is 5.11 Å². The summed E-state index contributed by atoms with van der Waals surface area (Å²) in [6, 6.07) is 6.56. The van der Waals surface area contributed by atoms with Crippen LogP contribution < -0.4 is 0 Å². The highest BCUT2D eigenvalue weighted by Crippen LogP contribution is 2.60. The number of fused-ring (bicyclic) bond motifs is 5. The Morgan fingerprint density at radius 2 is 1.67 bits per heavy atom. The Labute approximate surface area is 146 Å². The maximum atomic E-state index is 11.0. The molecule has 0 saturated heterocycles. The van der Waals surface area contributed by atoms with Gasteiger partial charge in [-0.1, -0.05) is 30.4 Å². The van der Waals surface area contributed by atoms with Crippen molar-refractivity contribution in [2.24, 2.45) is 23.7 Å². The SMILES string of the molecule is Oc1c(C2C=CCCC2)cccc1C1CCC2C3CCC(C3)C2C1. The second-order valence-corrected chi connectivity index (χ2v) is 8.92. The summed E-state index contributed by atoms with van der Waals surface area (Å²) in [5, 5.41) is 11.0. The highest BCUT2D eigenvalue weighted by Gasteiger charge is 2.49. The Morgan fingerprint density at radius 1 is 0.833 bits per heavy atom. The molecule has 0 amide bonds. The van der Waals surface area contributed by atoms with Gasteiger partial charge in [0.05, 0.1) is 0 Å². The zero-order chi connectivity index (χ0) is 16.1. The van der Waals surface area contributed by atoms with Crippen molar-refractivity contribution in [3.63, 3.8) is 0 Å². The molecule has 0 heterocycles. The second kappa shape index (κ2) is 5.93. The fourth-order valence-corrected chi connectivity index (χ4v) is 6.75. The fraction of sp³-hybridized carbons (Fsp3) is 0.652. The molecule has 6 atom stereocenters. The van der Waals surface area contributed by atoms with Gasteiger partial charge in [0, 0.05) is 11.5 Å². The van der Waals surface area contributed by atoms with E-state index in [1.807, 2.05) is 0 Å². The van der Waals surface area contributed by atoms with Gasteiger partial charge in [-0.15, -0.1) is 0 Å². The van der Waals surface area contributed by atoms with Gasteiger partial charge in [0.15, 0.2) is 0 Å². The largest absolute Gasteiger partial charge is 0.507 e. The first kappa shape index (κ1) is 15.0. The quantitative estimate of drug-likeness (QED) is 0.648. The molecule has 6 unspecified atom stereocenters. The summed E-state index contributed by atoms with van der Waals surface area (Å²) in [7, 11) is 0. The molecule has 2 bridgehead atoms. The predicted octanol–water partition coefficient (Wildman–Crippen LogP) is 6.15. The lowest BCUT2D eigenvalue weighted by Crippen LogP contribution is -2.29. The molecule has 4 aliphatic carbocycles. The van der Waals surface area contributed by atoms with Crippen LogP contribution in [-0.2, 0) is 0 Å². The molecule has 4 aliphatic rings. The minimum absolute atomic E-state index is 0.428. The van der Waals surface area contributed by atoms with Crippen LogP contribution >= 0.6 is 0 Å². The van der Waals surface area contributed by atoms with Crippen molar-refractivity contribution in [3.05, 3.63) is 41.5 Å². The molecule has 128 valence electrons. The number of phenols is 1. The van der Waals surface area contributed by atoms with Gasteiger partial charge in [-0.05, 0) is 92.9 Å². The number of aromatic hydroxyl groups is 1. The highest BCUT2D eigenvalue weighted by molar-refractivity contribution is 5.46. The summed E-state index contributed by atoms with van der Waals surface area (Å²) < 4.78 is 0. The summed E-state index contributed by atoms with van der Waals surface area (Å²) in [5.41, 5.74) is 2.44. The van der Waals surface area contributed by atoms with Crippen LogP contribution in [0.5, 0.6) is 5.75 Å². The molecule has 3 saturated carbocycles. The van der Waals surface area contributed by atoms with Crippen molar-refractivity contribution in [2.45, 2.75) is 69.6 Å². The van der Waals surface area contributed by atoms with Gasteiger partial charge in [-0.2, -0.15) is 0 Å². The van der Waals surface area contributed by atoms with E-state index in [9.17, 15) is 5.11 Å². The Balaban J connectivity index is 1.41. The van der Waals surface area contributed by atoms with E-state index in [4.69, 9.17) is 0 Å². The smallest absolute Gasteiger partial charge is 0.122 e. The average Bonchev–Trinajstić information content (AvgIpc) is 3.25. The van der Waals surface area contributed by atoms with E-state index in [1.165, 1.54) is 68.9 Å². The lowest BCUT2D eigenvalue weighted by atomic mass is 9.66. The first-order valence-electron chi connectivity index (χ1n) is 10.3. The number of hydrogen-bond acceptors (Lipinski definition) is 1. The van der Waals surface area contributed by atoms with Crippen LogP contribution in [0.2, 0.25) is 0 Å². The third-order valence-corrected chi connectivity index (χ3v) is 7.87. The molecule has 1 aromatic rings. The minimum Gasteiger partial charge on any atom is -0.507 e. The molecule has 0 spiro atoms. The van der Waals surface area contributed by atoms with Crippen molar-refractivity contribution in [3.8, 4) is 5.75 Å². The van der Waals surface area contributed by atoms with E-state index in [0.29, 0.717) is 17.6 Å². The van der Waals surface area contributed by atoms with Gasteiger partial charge in [-0.25, -0.2) is 0 Å². The summed E-state index contributed by atoms with van der Waals surface area (Å²) in [4.78, 5) is 0. The van der Waals surface area contributed by atoms with Crippen molar-refractivity contribution in [1.82, 2.24) is 0 Å². The molecule has 3 fully saturated rings. The van der Waals surface area contributed by atoms with Crippen LogP contribution in [0.3, 0.4) is 0 Å². The van der Waals surface area contributed by atoms with Gasteiger partial charge >= 0.3 is 0 Å². The lowest BCUT2D eigenvalue weighted by molar-refractivity contribution is 0.143. The molecule has 1 N–H and O–H groups in total. The highest BCUT2D eigenvalue weighted by atomic mass is 16.3. The van der Waals surface area contributed by atoms with Gasteiger partial charge in [0.2, 0.25) is 0 Å². The minimum atomic E-state index is 0.428. The zero-order valence-corrected chi connectivity index (χ0v) is 14.7. The Kier molecular flexibility index (Phi) is 3.72. The summed E-state index contributed by atoms with van der Waals surface area (Å²) >= 11 is 0. The first-order valence-corrected chi connectivity index (χ1v) is 10.3. The van der Waals surface area contributed by atoms with Gasteiger partial charge in [0.25, 0.3) is 0 Å². The van der Waals surface area contributed by atoms with E-state index >= 15 is 0 Å². The van der Waals surface area contributed by atoms with Gasteiger partial charge in [-0.3, -0.25) is 0 Å². The number of para-hydroxylation sites is 1. The van der Waals surface area contributed by atoms with E-state index in [2.05, 4.69) is 30.4 Å². The normalized spacial score (nSPS) is 40.7. The molecular weight excluding hydrogens is 292 g/mol. The Morgan fingerprint density at radius 3 is 2.50 bits per heavy atom. The number of phenolic OH excluding ortho intramolecular Hbond substituents is 1. The monoisotopic (exact) mass is 322 g/mol. The molecule has 1 heteroatoms. The zero-order valence-electron chi connectivity index (χ0n) is 14.7. The van der Waals surface area contributed by atoms with Crippen LogP contribution in [0.15, 0.2) is 30.4 Å². The van der Waals surface area contributed by atoms with E-state index in [-0.39, 0.29) is 0 Å². The summed E-state index contributed by atoms with van der Waals surface area (Å²) in [5.74, 6) is 5.69.